The highest BCUT2D eigenvalue weighted by molar-refractivity contribution is 5.78. The zero-order valence-electron chi connectivity index (χ0n) is 18.3. The van der Waals surface area contributed by atoms with Crippen molar-refractivity contribution in [1.29, 1.82) is 0 Å². The van der Waals surface area contributed by atoms with Gasteiger partial charge in [-0.3, -0.25) is 13.9 Å². The van der Waals surface area contributed by atoms with Crippen LogP contribution in [-0.2, 0) is 17.8 Å². The highest BCUT2D eigenvalue weighted by Gasteiger charge is 2.30. The Bertz CT molecular complexity index is 898. The number of hydrogen-bond acceptors (Lipinski definition) is 4. The predicted octanol–water partition coefficient (Wildman–Crippen LogP) is 3.07. The van der Waals surface area contributed by atoms with Gasteiger partial charge in [0.05, 0.1) is 12.2 Å². The Hall–Kier alpha value is -2.54. The van der Waals surface area contributed by atoms with Crippen molar-refractivity contribution in [2.45, 2.75) is 76.8 Å². The van der Waals surface area contributed by atoms with Gasteiger partial charge in [0.1, 0.15) is 6.04 Å². The van der Waals surface area contributed by atoms with Gasteiger partial charge in [-0.15, -0.1) is 0 Å². The molecule has 1 heterocycles. The molecule has 7 heteroatoms. The van der Waals surface area contributed by atoms with Crippen LogP contribution in [0.3, 0.4) is 0 Å². The van der Waals surface area contributed by atoms with E-state index in [-0.39, 0.29) is 11.6 Å². The van der Waals surface area contributed by atoms with Crippen molar-refractivity contribution in [1.82, 2.24) is 9.13 Å². The van der Waals surface area contributed by atoms with Gasteiger partial charge in [0, 0.05) is 0 Å². The van der Waals surface area contributed by atoms with E-state index in [0.717, 1.165) is 50.5 Å². The first-order chi connectivity index (χ1) is 15.0. The number of nitrogens with zero attached hydrogens (tertiary/aromatic N) is 2. The summed E-state index contributed by atoms with van der Waals surface area (Å²) in [6.07, 6.45) is 9.25. The van der Waals surface area contributed by atoms with Gasteiger partial charge in [0.2, 0.25) is 11.8 Å². The molecule has 0 spiro atoms. The van der Waals surface area contributed by atoms with Crippen molar-refractivity contribution < 1.29 is 9.90 Å². The number of unbranched alkanes of at least 4 members (excludes halogenated alkanes) is 2. The number of aromatic nitrogens is 2. The fraction of sp³-hybridized carbons (Fsp3) is 0.583. The molecule has 1 aliphatic rings. The Morgan fingerprint density at radius 1 is 1.10 bits per heavy atom. The van der Waals surface area contributed by atoms with Crippen LogP contribution in [0.5, 0.6) is 5.88 Å². The number of carbonyl (C=O) groups is 1. The minimum atomic E-state index is -0.824. The number of aromatic hydroxyl groups is 1. The van der Waals surface area contributed by atoms with Crippen LogP contribution >= 0.6 is 0 Å². The zero-order valence-corrected chi connectivity index (χ0v) is 18.3. The minimum absolute atomic E-state index is 0.117. The molecule has 7 nitrogen and oxygen atoms in total. The summed E-state index contributed by atoms with van der Waals surface area (Å²) in [6, 6.07) is 8.85. The quantitative estimate of drug-likeness (QED) is 0.477. The maximum Gasteiger partial charge on any atom is 0.332 e. The Labute approximate surface area is 184 Å². The summed E-state index contributed by atoms with van der Waals surface area (Å²) >= 11 is 0. The minimum Gasteiger partial charge on any atom is -0.493 e. The molecular formula is C24H36N4O3. The van der Waals surface area contributed by atoms with Crippen molar-refractivity contribution in [2.75, 3.05) is 6.54 Å². The number of benzene rings is 1. The van der Waals surface area contributed by atoms with Crippen molar-refractivity contribution in [3.63, 3.8) is 0 Å². The van der Waals surface area contributed by atoms with E-state index in [4.69, 9.17) is 11.5 Å². The topological polar surface area (TPSA) is 116 Å². The predicted molar refractivity (Wildman–Crippen MR) is 122 cm³/mol. The standard InChI is InChI=1S/C24H36N4O3/c25-15-9-3-8-14-20-23(30)28(21(22(26)29)16-18-10-4-1-5-11-18)24(31)27(20)17-19-12-6-2-7-13-19/h2,6-7,12-13,18,21,30H,1,3-5,8-11,14-17,25H2,(H2,26,29)/t21-/m1/s1. The maximum atomic E-state index is 13.4. The second-order valence-electron chi connectivity index (χ2n) is 8.75. The molecule has 5 N–H and O–H groups in total. The molecule has 3 rings (SSSR count). The average molecular weight is 429 g/mol. The third-order valence-corrected chi connectivity index (χ3v) is 6.47. The number of primary amides is 1. The zero-order chi connectivity index (χ0) is 22.2. The van der Waals surface area contributed by atoms with Gasteiger partial charge in [0.15, 0.2) is 0 Å². The van der Waals surface area contributed by atoms with Gasteiger partial charge in [-0.25, -0.2) is 4.79 Å². The second kappa shape index (κ2) is 11.2. The summed E-state index contributed by atoms with van der Waals surface area (Å²) in [5, 5.41) is 11.1. The lowest BCUT2D eigenvalue weighted by Gasteiger charge is -2.25. The van der Waals surface area contributed by atoms with E-state index in [0.29, 0.717) is 37.5 Å². The van der Waals surface area contributed by atoms with Gasteiger partial charge in [-0.2, -0.15) is 0 Å². The van der Waals surface area contributed by atoms with Crippen molar-refractivity contribution >= 4 is 5.91 Å². The highest BCUT2D eigenvalue weighted by Crippen LogP contribution is 2.33. The van der Waals surface area contributed by atoms with E-state index >= 15 is 0 Å². The van der Waals surface area contributed by atoms with Gasteiger partial charge >= 0.3 is 5.69 Å². The normalized spacial score (nSPS) is 15.8. The fourth-order valence-electron chi connectivity index (χ4n) is 4.75. The summed E-state index contributed by atoms with van der Waals surface area (Å²) in [7, 11) is 0. The lowest BCUT2D eigenvalue weighted by atomic mass is 9.84. The molecular weight excluding hydrogens is 392 g/mol. The third kappa shape index (κ3) is 5.79. The molecule has 1 aromatic heterocycles. The first-order valence-electron chi connectivity index (χ1n) is 11.6. The molecule has 1 atom stereocenters. The van der Waals surface area contributed by atoms with Crippen LogP contribution in [0.25, 0.3) is 0 Å². The largest absolute Gasteiger partial charge is 0.493 e. The van der Waals surface area contributed by atoms with E-state index in [2.05, 4.69) is 0 Å². The van der Waals surface area contributed by atoms with Crippen LogP contribution in [0.2, 0.25) is 0 Å². The van der Waals surface area contributed by atoms with Crippen LogP contribution in [-0.4, -0.2) is 26.7 Å². The Morgan fingerprint density at radius 2 is 1.81 bits per heavy atom. The van der Waals surface area contributed by atoms with Crippen LogP contribution in [0.15, 0.2) is 35.1 Å². The molecule has 0 radical (unpaired) electrons. The van der Waals surface area contributed by atoms with E-state index in [1.54, 1.807) is 4.57 Å². The summed E-state index contributed by atoms with van der Waals surface area (Å²) < 4.78 is 2.85. The molecule has 0 saturated heterocycles. The van der Waals surface area contributed by atoms with E-state index < -0.39 is 11.9 Å². The molecule has 1 aliphatic carbocycles. The molecule has 31 heavy (non-hydrogen) atoms. The molecule has 1 aromatic carbocycles. The Morgan fingerprint density at radius 3 is 2.45 bits per heavy atom. The number of carbonyl (C=O) groups excluding carboxylic acids is 1. The van der Waals surface area contributed by atoms with Crippen molar-refractivity contribution in [3.8, 4) is 5.88 Å². The monoisotopic (exact) mass is 428 g/mol. The molecule has 2 aromatic rings. The van der Waals surface area contributed by atoms with Crippen molar-refractivity contribution in [3.05, 3.63) is 52.1 Å². The molecule has 1 saturated carbocycles. The first-order valence-corrected chi connectivity index (χ1v) is 11.6. The second-order valence-corrected chi connectivity index (χ2v) is 8.75. The number of rotatable bonds is 11. The lowest BCUT2D eigenvalue weighted by Crippen LogP contribution is -2.36. The summed E-state index contributed by atoms with van der Waals surface area (Å²) in [5.74, 6) is -0.328. The maximum absolute atomic E-state index is 13.4. The summed E-state index contributed by atoms with van der Waals surface area (Å²) in [5.41, 5.74) is 12.5. The number of nitrogens with two attached hydrogens (primary N) is 2. The Balaban J connectivity index is 1.95. The van der Waals surface area contributed by atoms with Gasteiger partial charge < -0.3 is 16.6 Å². The molecule has 0 bridgehead atoms. The molecule has 0 aliphatic heterocycles. The number of hydrogen-bond donors (Lipinski definition) is 3. The highest BCUT2D eigenvalue weighted by atomic mass is 16.3. The number of amides is 1. The van der Waals surface area contributed by atoms with Crippen LogP contribution in [0.4, 0.5) is 0 Å². The van der Waals surface area contributed by atoms with Crippen LogP contribution in [0, 0.1) is 5.92 Å². The molecule has 170 valence electrons. The number of imidazole rings is 1. The van der Waals surface area contributed by atoms with Crippen LogP contribution < -0.4 is 17.2 Å². The van der Waals surface area contributed by atoms with E-state index in [1.165, 1.54) is 11.0 Å². The van der Waals surface area contributed by atoms with E-state index in [1.807, 2.05) is 30.3 Å². The molecule has 0 unspecified atom stereocenters. The third-order valence-electron chi connectivity index (χ3n) is 6.47. The lowest BCUT2D eigenvalue weighted by molar-refractivity contribution is -0.122. The fourth-order valence-corrected chi connectivity index (χ4v) is 4.75. The van der Waals surface area contributed by atoms with Crippen LogP contribution in [0.1, 0.15) is 75.1 Å². The van der Waals surface area contributed by atoms with Crippen molar-refractivity contribution in [2.24, 2.45) is 17.4 Å². The molecule has 1 fully saturated rings. The first kappa shape index (κ1) is 23.1. The summed E-state index contributed by atoms with van der Waals surface area (Å²) in [4.78, 5) is 25.8. The van der Waals surface area contributed by atoms with E-state index in [9.17, 15) is 14.7 Å². The van der Waals surface area contributed by atoms with Gasteiger partial charge in [0.25, 0.3) is 0 Å². The van der Waals surface area contributed by atoms with Gasteiger partial charge in [-0.05, 0) is 43.7 Å². The SMILES string of the molecule is NCCCCCc1c(O)n([C@H](CC2CCCCC2)C(N)=O)c(=O)n1Cc1ccccc1. The smallest absolute Gasteiger partial charge is 0.332 e. The average Bonchev–Trinajstić information content (AvgIpc) is 3.00. The Kier molecular flexibility index (Phi) is 8.35. The summed E-state index contributed by atoms with van der Waals surface area (Å²) in [6.45, 7) is 0.969. The van der Waals surface area contributed by atoms with Gasteiger partial charge in [-0.1, -0.05) is 68.9 Å². The molecule has 1 amide bonds.